The standard InChI is InChI=1S/C16H22N2OS/c19-16(9-13-5-8-20-11-13)18-7-4-14-15(18)3-6-17(14)10-12-1-2-12/h5,8,11-12,14-15H,1-4,6-7,9-10H2/t14-,15+/m1/s1. The topological polar surface area (TPSA) is 23.6 Å². The monoisotopic (exact) mass is 290 g/mol. The fourth-order valence-electron chi connectivity index (χ4n) is 3.91. The molecule has 1 amide bonds. The zero-order chi connectivity index (χ0) is 13.5. The molecule has 1 saturated carbocycles. The van der Waals surface area contributed by atoms with E-state index >= 15 is 0 Å². The molecule has 20 heavy (non-hydrogen) atoms. The summed E-state index contributed by atoms with van der Waals surface area (Å²) in [6.45, 7) is 3.46. The van der Waals surface area contributed by atoms with Crippen molar-refractivity contribution in [1.82, 2.24) is 9.80 Å². The maximum atomic E-state index is 12.5. The Labute approximate surface area is 124 Å². The van der Waals surface area contributed by atoms with E-state index < -0.39 is 0 Å². The Kier molecular flexibility index (Phi) is 3.31. The lowest BCUT2D eigenvalue weighted by Gasteiger charge is -2.25. The molecule has 3 heterocycles. The molecule has 0 unspecified atom stereocenters. The second-order valence-corrected chi connectivity index (χ2v) is 7.33. The van der Waals surface area contributed by atoms with Crippen molar-refractivity contribution in [2.24, 2.45) is 5.92 Å². The van der Waals surface area contributed by atoms with Crippen molar-refractivity contribution in [3.8, 4) is 0 Å². The largest absolute Gasteiger partial charge is 0.338 e. The smallest absolute Gasteiger partial charge is 0.227 e. The number of carbonyl (C=O) groups excluding carboxylic acids is 1. The van der Waals surface area contributed by atoms with Crippen LogP contribution >= 0.6 is 11.3 Å². The van der Waals surface area contributed by atoms with Crippen LogP contribution in [0.15, 0.2) is 16.8 Å². The van der Waals surface area contributed by atoms with E-state index in [1.807, 2.05) is 0 Å². The van der Waals surface area contributed by atoms with Gasteiger partial charge in [-0.05, 0) is 54.0 Å². The van der Waals surface area contributed by atoms with E-state index in [9.17, 15) is 4.79 Å². The summed E-state index contributed by atoms with van der Waals surface area (Å²) in [5.41, 5.74) is 1.18. The molecular weight excluding hydrogens is 268 g/mol. The van der Waals surface area contributed by atoms with Crippen LogP contribution < -0.4 is 0 Å². The lowest BCUT2D eigenvalue weighted by atomic mass is 10.1. The first-order valence-electron chi connectivity index (χ1n) is 7.86. The third kappa shape index (κ3) is 2.40. The summed E-state index contributed by atoms with van der Waals surface area (Å²) in [5, 5.41) is 4.15. The average molecular weight is 290 g/mol. The van der Waals surface area contributed by atoms with Crippen LogP contribution in [0.5, 0.6) is 0 Å². The predicted octanol–water partition coefficient (Wildman–Crippen LogP) is 2.38. The van der Waals surface area contributed by atoms with Crippen LogP contribution in [-0.4, -0.2) is 47.4 Å². The van der Waals surface area contributed by atoms with Crippen molar-refractivity contribution in [3.63, 3.8) is 0 Å². The number of nitrogens with zero attached hydrogens (tertiary/aromatic N) is 2. The highest BCUT2D eigenvalue weighted by Gasteiger charge is 2.45. The van der Waals surface area contributed by atoms with Crippen molar-refractivity contribution in [2.75, 3.05) is 19.6 Å². The Bertz CT molecular complexity index is 483. The van der Waals surface area contributed by atoms with Gasteiger partial charge < -0.3 is 4.90 Å². The molecule has 0 bridgehead atoms. The first kappa shape index (κ1) is 12.8. The Morgan fingerprint density at radius 1 is 1.20 bits per heavy atom. The van der Waals surface area contributed by atoms with Gasteiger partial charge in [0, 0.05) is 31.7 Å². The fourth-order valence-corrected chi connectivity index (χ4v) is 4.58. The van der Waals surface area contributed by atoms with E-state index in [4.69, 9.17) is 0 Å². The zero-order valence-corrected chi connectivity index (χ0v) is 12.6. The minimum atomic E-state index is 0.337. The number of amides is 1. The molecule has 3 fully saturated rings. The molecule has 1 aromatic rings. The van der Waals surface area contributed by atoms with Crippen LogP contribution in [0.1, 0.15) is 31.2 Å². The van der Waals surface area contributed by atoms with Crippen LogP contribution in [0.25, 0.3) is 0 Å². The van der Waals surface area contributed by atoms with E-state index in [0.717, 1.165) is 12.5 Å². The molecule has 1 aliphatic carbocycles. The van der Waals surface area contributed by atoms with Gasteiger partial charge in [-0.1, -0.05) is 0 Å². The SMILES string of the molecule is O=C(Cc1ccsc1)N1CC[C@@H]2[C@@H]1CCN2CC1CC1. The molecule has 2 saturated heterocycles. The molecule has 2 aliphatic heterocycles. The van der Waals surface area contributed by atoms with Gasteiger partial charge >= 0.3 is 0 Å². The molecule has 4 rings (SSSR count). The Balaban J connectivity index is 1.39. The van der Waals surface area contributed by atoms with Gasteiger partial charge in [0.1, 0.15) is 0 Å². The second-order valence-electron chi connectivity index (χ2n) is 6.55. The molecule has 1 aromatic heterocycles. The number of hydrogen-bond donors (Lipinski definition) is 0. The highest BCUT2D eigenvalue weighted by atomic mass is 32.1. The van der Waals surface area contributed by atoms with Crippen LogP contribution in [0.2, 0.25) is 0 Å². The van der Waals surface area contributed by atoms with E-state index in [2.05, 4.69) is 26.6 Å². The quantitative estimate of drug-likeness (QED) is 0.850. The molecule has 108 valence electrons. The predicted molar refractivity (Wildman–Crippen MR) is 80.8 cm³/mol. The van der Waals surface area contributed by atoms with Crippen molar-refractivity contribution >= 4 is 17.2 Å². The van der Waals surface area contributed by atoms with Gasteiger partial charge in [0.05, 0.1) is 6.42 Å². The van der Waals surface area contributed by atoms with E-state index in [1.54, 1.807) is 11.3 Å². The van der Waals surface area contributed by atoms with Gasteiger partial charge in [-0.3, -0.25) is 9.69 Å². The zero-order valence-electron chi connectivity index (χ0n) is 11.8. The summed E-state index contributed by atoms with van der Waals surface area (Å²) < 4.78 is 0. The summed E-state index contributed by atoms with van der Waals surface area (Å²) in [4.78, 5) is 17.4. The molecule has 4 heteroatoms. The molecular formula is C16H22N2OS. The fraction of sp³-hybridized carbons (Fsp3) is 0.688. The summed E-state index contributed by atoms with van der Waals surface area (Å²) in [5.74, 6) is 1.30. The van der Waals surface area contributed by atoms with Crippen LogP contribution in [0.4, 0.5) is 0 Å². The van der Waals surface area contributed by atoms with Crippen LogP contribution in [0, 0.1) is 5.92 Å². The first-order chi connectivity index (χ1) is 9.81. The van der Waals surface area contributed by atoms with Gasteiger partial charge in [0.2, 0.25) is 5.91 Å². The molecule has 3 nitrogen and oxygen atoms in total. The number of carbonyl (C=O) groups is 1. The van der Waals surface area contributed by atoms with Crippen molar-refractivity contribution in [1.29, 1.82) is 0 Å². The molecule has 0 radical (unpaired) electrons. The highest BCUT2D eigenvalue weighted by molar-refractivity contribution is 7.07. The summed E-state index contributed by atoms with van der Waals surface area (Å²) in [7, 11) is 0. The third-order valence-electron chi connectivity index (χ3n) is 5.14. The molecule has 3 aliphatic rings. The number of thiophene rings is 1. The summed E-state index contributed by atoms with van der Waals surface area (Å²) in [6.07, 6.45) is 5.82. The second kappa shape index (κ2) is 5.15. The Morgan fingerprint density at radius 3 is 2.80 bits per heavy atom. The maximum absolute atomic E-state index is 12.5. The minimum Gasteiger partial charge on any atom is -0.338 e. The number of hydrogen-bond acceptors (Lipinski definition) is 3. The first-order valence-corrected chi connectivity index (χ1v) is 8.80. The van der Waals surface area contributed by atoms with Gasteiger partial charge in [0.15, 0.2) is 0 Å². The number of rotatable bonds is 4. The third-order valence-corrected chi connectivity index (χ3v) is 5.87. The van der Waals surface area contributed by atoms with Crippen LogP contribution in [-0.2, 0) is 11.2 Å². The van der Waals surface area contributed by atoms with Crippen molar-refractivity contribution in [2.45, 2.75) is 44.2 Å². The van der Waals surface area contributed by atoms with E-state index in [-0.39, 0.29) is 0 Å². The van der Waals surface area contributed by atoms with Gasteiger partial charge in [-0.25, -0.2) is 0 Å². The van der Waals surface area contributed by atoms with Crippen molar-refractivity contribution < 1.29 is 4.79 Å². The molecule has 0 aromatic carbocycles. The summed E-state index contributed by atoms with van der Waals surface area (Å²) in [6, 6.07) is 3.23. The van der Waals surface area contributed by atoms with E-state index in [0.29, 0.717) is 24.4 Å². The molecule has 2 atom stereocenters. The lowest BCUT2D eigenvalue weighted by molar-refractivity contribution is -0.131. The number of likely N-dealkylation sites (tertiary alicyclic amines) is 2. The van der Waals surface area contributed by atoms with Gasteiger partial charge in [-0.15, -0.1) is 0 Å². The average Bonchev–Trinajstić information content (AvgIpc) is 2.85. The maximum Gasteiger partial charge on any atom is 0.227 e. The lowest BCUT2D eigenvalue weighted by Crippen LogP contribution is -2.40. The summed E-state index contributed by atoms with van der Waals surface area (Å²) >= 11 is 1.68. The number of fused-ring (bicyclic) bond motifs is 1. The van der Waals surface area contributed by atoms with Gasteiger partial charge in [-0.2, -0.15) is 11.3 Å². The Hall–Kier alpha value is -0.870. The van der Waals surface area contributed by atoms with Crippen molar-refractivity contribution in [3.05, 3.63) is 22.4 Å². The minimum absolute atomic E-state index is 0.337. The normalized spacial score (nSPS) is 29.9. The molecule has 0 spiro atoms. The van der Waals surface area contributed by atoms with Crippen LogP contribution in [0.3, 0.4) is 0 Å². The highest BCUT2D eigenvalue weighted by Crippen LogP contribution is 2.36. The van der Waals surface area contributed by atoms with Gasteiger partial charge in [0.25, 0.3) is 0 Å². The van der Waals surface area contributed by atoms with E-state index in [1.165, 1.54) is 44.3 Å². The molecule has 0 N–H and O–H groups in total. The Morgan fingerprint density at radius 2 is 2.05 bits per heavy atom.